The molecular formula is C15H33NO6. The van der Waals surface area contributed by atoms with Crippen molar-refractivity contribution in [1.82, 2.24) is 5.23 Å². The lowest BCUT2D eigenvalue weighted by Crippen LogP contribution is -2.28. The van der Waals surface area contributed by atoms with Gasteiger partial charge in [0.2, 0.25) is 0 Å². The van der Waals surface area contributed by atoms with Crippen molar-refractivity contribution in [3.8, 4) is 0 Å². The van der Waals surface area contributed by atoms with Crippen molar-refractivity contribution in [3.05, 3.63) is 0 Å². The molecule has 0 unspecified atom stereocenters. The highest BCUT2D eigenvalue weighted by Gasteiger charge is 2.04. The number of hydrogen-bond donors (Lipinski definition) is 3. The van der Waals surface area contributed by atoms with Gasteiger partial charge in [-0.25, -0.2) is 0 Å². The third-order valence-electron chi connectivity index (χ3n) is 2.59. The normalized spacial score (nSPS) is 10.4. The third-order valence-corrected chi connectivity index (χ3v) is 2.59. The highest BCUT2D eigenvalue weighted by Crippen LogP contribution is 2.01. The topological polar surface area (TPSA) is 99.5 Å². The smallest absolute Gasteiger partial charge is 0.303 e. The minimum Gasteiger partial charge on any atom is -0.481 e. The summed E-state index contributed by atoms with van der Waals surface area (Å²) in [5.41, 5.74) is 0. The molecule has 0 bridgehead atoms. The molecule has 22 heavy (non-hydrogen) atoms. The number of carbonyl (C=O) groups is 1. The Balaban J connectivity index is 0. The predicted molar refractivity (Wildman–Crippen MR) is 84.1 cm³/mol. The van der Waals surface area contributed by atoms with E-state index in [2.05, 4.69) is 13.8 Å². The Morgan fingerprint density at radius 2 is 1.45 bits per heavy atom. The van der Waals surface area contributed by atoms with Crippen LogP contribution in [-0.4, -0.2) is 59.5 Å². The summed E-state index contributed by atoms with van der Waals surface area (Å²) in [7, 11) is 0. The zero-order valence-electron chi connectivity index (χ0n) is 14.0. The quantitative estimate of drug-likeness (QED) is 0.332. The number of hydrogen-bond acceptors (Lipinski definition) is 6. The van der Waals surface area contributed by atoms with Crippen LogP contribution in [-0.2, 0) is 14.5 Å². The monoisotopic (exact) mass is 323 g/mol. The third kappa shape index (κ3) is 21.6. The van der Waals surface area contributed by atoms with Crippen molar-refractivity contribution < 1.29 is 29.8 Å². The van der Waals surface area contributed by atoms with Crippen LogP contribution in [0.2, 0.25) is 0 Å². The molecule has 0 aliphatic heterocycles. The molecule has 0 amide bonds. The summed E-state index contributed by atoms with van der Waals surface area (Å²) in [4.78, 5) is 20.1. The zero-order chi connectivity index (χ0) is 17.1. The summed E-state index contributed by atoms with van der Waals surface area (Å²) in [6.07, 6.45) is 6.55. The fraction of sp³-hybridized carbons (Fsp3) is 0.933. The zero-order valence-corrected chi connectivity index (χ0v) is 14.0. The molecule has 0 saturated carbocycles. The number of unbranched alkanes of at least 4 members (excludes halogenated alkanes) is 4. The molecule has 3 N–H and O–H groups in total. The lowest BCUT2D eigenvalue weighted by Gasteiger charge is -2.19. The molecule has 7 heteroatoms. The molecular weight excluding hydrogens is 290 g/mol. The highest BCUT2D eigenvalue weighted by atomic mass is 16.9. The molecule has 0 atom stereocenters. The predicted octanol–water partition coefficient (Wildman–Crippen LogP) is 1.98. The van der Waals surface area contributed by atoms with Gasteiger partial charge in [0, 0.05) is 6.42 Å². The van der Waals surface area contributed by atoms with Gasteiger partial charge in [0.1, 0.15) is 0 Å². The second-order valence-electron chi connectivity index (χ2n) is 4.73. The Labute approximate surface area is 133 Å². The van der Waals surface area contributed by atoms with Crippen LogP contribution >= 0.6 is 0 Å². The minimum atomic E-state index is -0.675. The van der Waals surface area contributed by atoms with Crippen LogP contribution < -0.4 is 0 Å². The Bertz CT molecular complexity index is 209. The Kier molecular flexibility index (Phi) is 21.7. The van der Waals surface area contributed by atoms with E-state index in [1.807, 2.05) is 0 Å². The van der Waals surface area contributed by atoms with Crippen molar-refractivity contribution in [2.75, 3.05) is 33.0 Å². The number of aliphatic hydroxyl groups excluding tert-OH is 2. The largest absolute Gasteiger partial charge is 0.481 e. The molecule has 7 nitrogen and oxygen atoms in total. The summed E-state index contributed by atoms with van der Waals surface area (Å²) in [5.74, 6) is -0.675. The van der Waals surface area contributed by atoms with Gasteiger partial charge in [-0.3, -0.25) is 14.5 Å². The van der Waals surface area contributed by atoms with Crippen LogP contribution in [0.1, 0.15) is 58.8 Å². The van der Waals surface area contributed by atoms with Gasteiger partial charge in [0.05, 0.1) is 33.0 Å². The first-order valence-electron chi connectivity index (χ1n) is 8.09. The van der Waals surface area contributed by atoms with E-state index >= 15 is 0 Å². The first kappa shape index (κ1) is 23.5. The van der Waals surface area contributed by atoms with E-state index in [0.717, 1.165) is 32.1 Å². The van der Waals surface area contributed by atoms with Crippen LogP contribution in [0.15, 0.2) is 0 Å². The summed E-state index contributed by atoms with van der Waals surface area (Å²) >= 11 is 0. The Morgan fingerprint density at radius 3 is 1.86 bits per heavy atom. The Morgan fingerprint density at radius 1 is 0.909 bits per heavy atom. The van der Waals surface area contributed by atoms with Gasteiger partial charge < -0.3 is 15.3 Å². The average molecular weight is 323 g/mol. The van der Waals surface area contributed by atoms with Crippen molar-refractivity contribution in [3.63, 3.8) is 0 Å². The van der Waals surface area contributed by atoms with Crippen molar-refractivity contribution in [1.29, 1.82) is 0 Å². The van der Waals surface area contributed by atoms with E-state index in [0.29, 0.717) is 13.0 Å². The van der Waals surface area contributed by atoms with E-state index in [-0.39, 0.29) is 26.4 Å². The molecule has 0 fully saturated rings. The number of aliphatic carboxylic acids is 1. The van der Waals surface area contributed by atoms with Gasteiger partial charge in [-0.15, -0.1) is 0 Å². The second-order valence-corrected chi connectivity index (χ2v) is 4.73. The fourth-order valence-electron chi connectivity index (χ4n) is 1.44. The SMILES string of the molecule is CCCCCCC(=O)O.CCCCN(OCCO)OCCO. The summed E-state index contributed by atoms with van der Waals surface area (Å²) in [6, 6.07) is 0. The van der Waals surface area contributed by atoms with Gasteiger partial charge in [0.15, 0.2) is 0 Å². The molecule has 0 rings (SSSR count). The number of aliphatic hydroxyl groups is 2. The highest BCUT2D eigenvalue weighted by molar-refractivity contribution is 5.66. The molecule has 0 aliphatic carbocycles. The first-order valence-corrected chi connectivity index (χ1v) is 8.09. The fourth-order valence-corrected chi connectivity index (χ4v) is 1.44. The average Bonchev–Trinajstić information content (AvgIpc) is 2.51. The van der Waals surface area contributed by atoms with Gasteiger partial charge in [-0.1, -0.05) is 44.8 Å². The number of hydroxylamine groups is 2. The number of carboxylic acid groups (broad SMARTS) is 1. The molecule has 0 aromatic rings. The molecule has 0 saturated heterocycles. The van der Waals surface area contributed by atoms with Crippen molar-refractivity contribution in [2.45, 2.75) is 58.8 Å². The van der Waals surface area contributed by atoms with E-state index in [9.17, 15) is 4.79 Å². The van der Waals surface area contributed by atoms with Crippen LogP contribution in [0, 0.1) is 0 Å². The maximum Gasteiger partial charge on any atom is 0.303 e. The maximum atomic E-state index is 9.96. The van der Waals surface area contributed by atoms with Crippen LogP contribution in [0.25, 0.3) is 0 Å². The number of nitrogens with zero attached hydrogens (tertiary/aromatic N) is 1. The molecule has 134 valence electrons. The van der Waals surface area contributed by atoms with Crippen molar-refractivity contribution in [2.24, 2.45) is 0 Å². The first-order chi connectivity index (χ1) is 10.6. The lowest BCUT2D eigenvalue weighted by molar-refractivity contribution is -0.371. The Hall–Kier alpha value is -0.730. The lowest BCUT2D eigenvalue weighted by atomic mass is 10.2. The van der Waals surface area contributed by atoms with Crippen LogP contribution in [0.5, 0.6) is 0 Å². The minimum absolute atomic E-state index is 0.0366. The summed E-state index contributed by atoms with van der Waals surface area (Å²) in [6.45, 7) is 5.19. The second kappa shape index (κ2) is 20.3. The molecule has 0 radical (unpaired) electrons. The molecule has 0 spiro atoms. The van der Waals surface area contributed by atoms with E-state index < -0.39 is 5.97 Å². The summed E-state index contributed by atoms with van der Waals surface area (Å²) < 4.78 is 0. The van der Waals surface area contributed by atoms with Crippen LogP contribution in [0.3, 0.4) is 0 Å². The van der Waals surface area contributed by atoms with Crippen molar-refractivity contribution >= 4 is 5.97 Å². The van der Waals surface area contributed by atoms with E-state index in [4.69, 9.17) is 25.0 Å². The van der Waals surface area contributed by atoms with Crippen LogP contribution in [0.4, 0.5) is 0 Å². The molecule has 0 aromatic carbocycles. The molecule has 0 heterocycles. The molecule has 0 aliphatic rings. The van der Waals surface area contributed by atoms with E-state index in [1.165, 1.54) is 11.6 Å². The number of carboxylic acids is 1. The molecule has 0 aromatic heterocycles. The standard InChI is InChI=1S/C8H19NO4.C7H14O2/c1-2-3-4-9(12-7-5-10)13-8-6-11;1-2-3-4-5-6-7(8)9/h10-11H,2-8H2,1H3;2-6H2,1H3,(H,8,9). The van der Waals surface area contributed by atoms with Gasteiger partial charge in [-0.05, 0) is 12.8 Å². The van der Waals surface area contributed by atoms with E-state index in [1.54, 1.807) is 0 Å². The van der Waals surface area contributed by atoms with Gasteiger partial charge in [0.25, 0.3) is 0 Å². The number of rotatable bonds is 14. The van der Waals surface area contributed by atoms with Gasteiger partial charge >= 0.3 is 5.97 Å². The maximum absolute atomic E-state index is 9.96. The summed E-state index contributed by atoms with van der Waals surface area (Å²) in [5, 5.41) is 26.5. The van der Waals surface area contributed by atoms with Gasteiger partial charge in [-0.2, -0.15) is 0 Å².